The van der Waals surface area contributed by atoms with Gasteiger partial charge in [-0.2, -0.15) is 4.31 Å². The Bertz CT molecular complexity index is 1130. The number of piperidine rings is 1. The zero-order valence-electron chi connectivity index (χ0n) is 15.7. The minimum atomic E-state index is -3.69. The van der Waals surface area contributed by atoms with Crippen LogP contribution in [0.25, 0.3) is 11.5 Å². The first kappa shape index (κ1) is 20.0. The van der Waals surface area contributed by atoms with Crippen molar-refractivity contribution in [2.24, 2.45) is 0 Å². The highest BCUT2D eigenvalue weighted by molar-refractivity contribution is 7.89. The molecule has 9 heteroatoms. The van der Waals surface area contributed by atoms with Gasteiger partial charge in [-0.1, -0.05) is 17.7 Å². The Labute approximate surface area is 173 Å². The van der Waals surface area contributed by atoms with E-state index in [0.717, 1.165) is 6.42 Å². The molecule has 0 amide bonds. The smallest absolute Gasteiger partial charge is 0.247 e. The van der Waals surface area contributed by atoms with Gasteiger partial charge in [0.2, 0.25) is 21.8 Å². The van der Waals surface area contributed by atoms with Crippen LogP contribution in [0, 0.1) is 12.7 Å². The van der Waals surface area contributed by atoms with Gasteiger partial charge in [-0.15, -0.1) is 10.2 Å². The van der Waals surface area contributed by atoms with E-state index in [1.165, 1.54) is 22.5 Å². The van der Waals surface area contributed by atoms with E-state index in [9.17, 15) is 12.8 Å². The highest BCUT2D eigenvalue weighted by Crippen LogP contribution is 2.32. The Morgan fingerprint density at radius 1 is 1.17 bits per heavy atom. The van der Waals surface area contributed by atoms with Crippen LogP contribution in [0.1, 0.15) is 30.2 Å². The van der Waals surface area contributed by atoms with Crippen molar-refractivity contribution in [3.05, 3.63) is 64.8 Å². The zero-order chi connectivity index (χ0) is 20.6. The van der Waals surface area contributed by atoms with E-state index in [0.29, 0.717) is 35.0 Å². The maximum absolute atomic E-state index is 13.2. The van der Waals surface area contributed by atoms with E-state index in [-0.39, 0.29) is 29.1 Å². The summed E-state index contributed by atoms with van der Waals surface area (Å²) in [4.78, 5) is 0.211. The molecule has 1 aromatic heterocycles. The highest BCUT2D eigenvalue weighted by Gasteiger charge is 2.34. The molecule has 152 valence electrons. The van der Waals surface area contributed by atoms with Gasteiger partial charge in [0.25, 0.3) is 0 Å². The molecular weight excluding hydrogens is 417 g/mol. The van der Waals surface area contributed by atoms with E-state index in [4.69, 9.17) is 16.0 Å². The Balaban J connectivity index is 1.57. The molecule has 1 saturated heterocycles. The first-order chi connectivity index (χ1) is 13.8. The third kappa shape index (κ3) is 4.05. The molecule has 29 heavy (non-hydrogen) atoms. The summed E-state index contributed by atoms with van der Waals surface area (Å²) in [5.74, 6) is 0.107. The molecule has 0 N–H and O–H groups in total. The SMILES string of the molecule is Cc1ccc(Cl)cc1S(=O)(=O)N1CCCC(c2nnc(-c3ccc(F)cc3)o2)C1. The van der Waals surface area contributed by atoms with E-state index >= 15 is 0 Å². The molecule has 0 bridgehead atoms. The third-order valence-electron chi connectivity index (χ3n) is 5.03. The van der Waals surface area contributed by atoms with Crippen LogP contribution in [0.15, 0.2) is 51.8 Å². The van der Waals surface area contributed by atoms with Gasteiger partial charge in [0.1, 0.15) is 5.82 Å². The van der Waals surface area contributed by atoms with Gasteiger partial charge in [-0.05, 0) is 61.7 Å². The fraction of sp³-hybridized carbons (Fsp3) is 0.300. The Morgan fingerprint density at radius 3 is 2.69 bits per heavy atom. The molecule has 0 radical (unpaired) electrons. The lowest BCUT2D eigenvalue weighted by atomic mass is 10.00. The first-order valence-electron chi connectivity index (χ1n) is 9.20. The summed E-state index contributed by atoms with van der Waals surface area (Å²) >= 11 is 6.02. The Hall–Kier alpha value is -2.29. The van der Waals surface area contributed by atoms with Gasteiger partial charge in [0.15, 0.2) is 0 Å². The number of rotatable bonds is 4. The number of hydrogen-bond donors (Lipinski definition) is 0. The van der Waals surface area contributed by atoms with Gasteiger partial charge >= 0.3 is 0 Å². The predicted octanol–water partition coefficient (Wildman–Crippen LogP) is 4.41. The van der Waals surface area contributed by atoms with Crippen molar-refractivity contribution >= 4 is 21.6 Å². The van der Waals surface area contributed by atoms with Crippen molar-refractivity contribution in [1.82, 2.24) is 14.5 Å². The molecule has 6 nitrogen and oxygen atoms in total. The quantitative estimate of drug-likeness (QED) is 0.606. The Morgan fingerprint density at radius 2 is 1.93 bits per heavy atom. The number of aryl methyl sites for hydroxylation is 1. The second-order valence-corrected chi connectivity index (χ2v) is 9.41. The molecule has 0 saturated carbocycles. The molecule has 4 rings (SSSR count). The van der Waals surface area contributed by atoms with Crippen molar-refractivity contribution < 1.29 is 17.2 Å². The number of hydrogen-bond acceptors (Lipinski definition) is 5. The zero-order valence-corrected chi connectivity index (χ0v) is 17.3. The number of aromatic nitrogens is 2. The molecule has 1 aliphatic heterocycles. The van der Waals surface area contributed by atoms with Crippen molar-refractivity contribution in [1.29, 1.82) is 0 Å². The molecule has 0 aliphatic carbocycles. The third-order valence-corrected chi connectivity index (χ3v) is 7.28. The minimum Gasteiger partial charge on any atom is -0.420 e. The fourth-order valence-electron chi connectivity index (χ4n) is 3.46. The van der Waals surface area contributed by atoms with Crippen LogP contribution in [-0.2, 0) is 10.0 Å². The van der Waals surface area contributed by atoms with Crippen molar-refractivity contribution in [3.63, 3.8) is 0 Å². The second kappa shape index (κ2) is 7.85. The van der Waals surface area contributed by atoms with Gasteiger partial charge in [-0.3, -0.25) is 0 Å². The predicted molar refractivity (Wildman–Crippen MR) is 107 cm³/mol. The number of sulfonamides is 1. The first-order valence-corrected chi connectivity index (χ1v) is 11.0. The van der Waals surface area contributed by atoms with E-state index < -0.39 is 10.0 Å². The molecule has 2 aromatic carbocycles. The standard InChI is InChI=1S/C20H19ClFN3O3S/c1-13-4-7-16(21)11-18(13)29(26,27)25-10-2-3-15(12-25)20-24-23-19(28-20)14-5-8-17(22)9-6-14/h4-9,11,15H,2-3,10,12H2,1H3. The molecule has 1 fully saturated rings. The monoisotopic (exact) mass is 435 g/mol. The van der Waals surface area contributed by atoms with Crippen LogP contribution in [0.5, 0.6) is 0 Å². The molecule has 3 aromatic rings. The molecular formula is C20H19ClFN3O3S. The summed E-state index contributed by atoms with van der Waals surface area (Å²) < 4.78 is 46.6. The van der Waals surface area contributed by atoms with Crippen LogP contribution in [0.4, 0.5) is 4.39 Å². The number of nitrogens with zero attached hydrogens (tertiary/aromatic N) is 3. The average molecular weight is 436 g/mol. The lowest BCUT2D eigenvalue weighted by molar-refractivity contribution is 0.286. The maximum atomic E-state index is 13.2. The van der Waals surface area contributed by atoms with Gasteiger partial charge in [0, 0.05) is 23.7 Å². The van der Waals surface area contributed by atoms with Gasteiger partial charge in [-0.25, -0.2) is 12.8 Å². The van der Waals surface area contributed by atoms with Crippen LogP contribution in [0.2, 0.25) is 5.02 Å². The van der Waals surface area contributed by atoms with Crippen LogP contribution in [0.3, 0.4) is 0 Å². The minimum absolute atomic E-state index is 0.209. The molecule has 1 atom stereocenters. The summed E-state index contributed by atoms with van der Waals surface area (Å²) in [6.45, 7) is 2.42. The number of halogens is 2. The van der Waals surface area contributed by atoms with Crippen molar-refractivity contribution in [3.8, 4) is 11.5 Å². The fourth-order valence-corrected chi connectivity index (χ4v) is 5.47. The average Bonchev–Trinajstić information content (AvgIpc) is 3.20. The highest BCUT2D eigenvalue weighted by atomic mass is 35.5. The van der Waals surface area contributed by atoms with Crippen LogP contribution < -0.4 is 0 Å². The summed E-state index contributed by atoms with van der Waals surface area (Å²) in [6.07, 6.45) is 1.42. The molecule has 2 heterocycles. The second-order valence-electron chi connectivity index (χ2n) is 7.06. The summed E-state index contributed by atoms with van der Waals surface area (Å²) in [5.41, 5.74) is 1.26. The number of benzene rings is 2. The Kier molecular flexibility index (Phi) is 5.42. The molecule has 1 unspecified atom stereocenters. The topological polar surface area (TPSA) is 76.3 Å². The molecule has 1 aliphatic rings. The lowest BCUT2D eigenvalue weighted by Gasteiger charge is -2.30. The largest absolute Gasteiger partial charge is 0.420 e. The molecule has 0 spiro atoms. The lowest BCUT2D eigenvalue weighted by Crippen LogP contribution is -2.39. The van der Waals surface area contributed by atoms with Crippen LogP contribution in [-0.4, -0.2) is 36.0 Å². The van der Waals surface area contributed by atoms with Gasteiger partial charge in [0.05, 0.1) is 10.8 Å². The summed E-state index contributed by atoms with van der Waals surface area (Å²) in [5, 5.41) is 8.52. The summed E-state index contributed by atoms with van der Waals surface area (Å²) in [6, 6.07) is 10.6. The normalized spacial score (nSPS) is 18.1. The van der Waals surface area contributed by atoms with Crippen molar-refractivity contribution in [2.75, 3.05) is 13.1 Å². The van der Waals surface area contributed by atoms with Crippen LogP contribution >= 0.6 is 11.6 Å². The van der Waals surface area contributed by atoms with Crippen molar-refractivity contribution in [2.45, 2.75) is 30.6 Å². The van der Waals surface area contributed by atoms with E-state index in [1.807, 2.05) is 0 Å². The van der Waals surface area contributed by atoms with E-state index in [1.54, 1.807) is 31.2 Å². The summed E-state index contributed by atoms with van der Waals surface area (Å²) in [7, 11) is -3.69. The van der Waals surface area contributed by atoms with Gasteiger partial charge < -0.3 is 4.42 Å². The maximum Gasteiger partial charge on any atom is 0.247 e. The van der Waals surface area contributed by atoms with E-state index in [2.05, 4.69) is 10.2 Å².